The minimum atomic E-state index is -0.194. The van der Waals surface area contributed by atoms with Gasteiger partial charge in [0.25, 0.3) is 5.91 Å². The van der Waals surface area contributed by atoms with Gasteiger partial charge in [0.05, 0.1) is 23.4 Å². The van der Waals surface area contributed by atoms with Crippen molar-refractivity contribution in [2.24, 2.45) is 5.92 Å². The highest BCUT2D eigenvalue weighted by Gasteiger charge is 2.52. The molecule has 4 aliphatic heterocycles. The van der Waals surface area contributed by atoms with E-state index in [2.05, 4.69) is 27.9 Å². The fourth-order valence-corrected chi connectivity index (χ4v) is 7.50. The molecule has 2 aromatic rings. The summed E-state index contributed by atoms with van der Waals surface area (Å²) < 4.78 is 11.5. The molecule has 206 valence electrons. The van der Waals surface area contributed by atoms with Crippen molar-refractivity contribution in [3.63, 3.8) is 0 Å². The van der Waals surface area contributed by atoms with Gasteiger partial charge >= 0.3 is 6.03 Å². The minimum Gasteiger partial charge on any atom is -0.493 e. The van der Waals surface area contributed by atoms with Crippen LogP contribution in [0.1, 0.15) is 24.8 Å². The Kier molecular flexibility index (Phi) is 7.18. The summed E-state index contributed by atoms with van der Waals surface area (Å²) in [5.41, 5.74) is 2.55. The number of piperidine rings is 2. The summed E-state index contributed by atoms with van der Waals surface area (Å²) in [4.78, 5) is 31.8. The zero-order valence-corrected chi connectivity index (χ0v) is 23.3. The number of nitrogens with one attached hydrogen (secondary N) is 3. The highest BCUT2D eigenvalue weighted by molar-refractivity contribution is 8.04. The molecule has 10 heteroatoms. The molecule has 3 saturated heterocycles. The Morgan fingerprint density at radius 2 is 1.87 bits per heavy atom. The molecule has 0 radical (unpaired) electrons. The zero-order valence-electron chi connectivity index (χ0n) is 22.5. The SMILES string of the molecule is COc1ccccc1Oc1ccc(N2C(=O)NC3=C(C(=O)NC4CCN(C)CC4)SC4NCCC2C34)c(C)c1. The van der Waals surface area contributed by atoms with Crippen molar-refractivity contribution in [2.75, 3.05) is 38.7 Å². The number of hydrogen-bond donors (Lipinski definition) is 3. The molecule has 6 rings (SSSR count). The highest BCUT2D eigenvalue weighted by atomic mass is 32.2. The Balaban J connectivity index is 1.23. The number of ether oxygens (including phenoxy) is 2. The number of likely N-dealkylation sites (tertiary alicyclic amines) is 1. The Bertz CT molecular complexity index is 1310. The second-order valence-corrected chi connectivity index (χ2v) is 11.8. The molecule has 2 aromatic carbocycles. The minimum absolute atomic E-state index is 0.0172. The molecule has 3 N–H and O–H groups in total. The van der Waals surface area contributed by atoms with Crippen LogP contribution in [-0.4, -0.2) is 68.1 Å². The van der Waals surface area contributed by atoms with Crippen molar-refractivity contribution in [3.05, 3.63) is 58.6 Å². The molecule has 0 saturated carbocycles. The van der Waals surface area contributed by atoms with Crippen molar-refractivity contribution in [1.82, 2.24) is 20.9 Å². The predicted octanol–water partition coefficient (Wildman–Crippen LogP) is 3.80. The number of methoxy groups -OCH3 is 1. The van der Waals surface area contributed by atoms with Crippen LogP contribution >= 0.6 is 11.8 Å². The van der Waals surface area contributed by atoms with Crippen LogP contribution in [0, 0.1) is 12.8 Å². The van der Waals surface area contributed by atoms with Crippen molar-refractivity contribution in [1.29, 1.82) is 0 Å². The second kappa shape index (κ2) is 10.7. The molecule has 3 fully saturated rings. The smallest absolute Gasteiger partial charge is 0.326 e. The molecular weight excluding hydrogens is 514 g/mol. The van der Waals surface area contributed by atoms with Crippen molar-refractivity contribution in [3.8, 4) is 17.2 Å². The van der Waals surface area contributed by atoms with Crippen LogP contribution in [0.3, 0.4) is 0 Å². The third-order valence-electron chi connectivity index (χ3n) is 8.13. The number of para-hydroxylation sites is 2. The van der Waals surface area contributed by atoms with E-state index in [-0.39, 0.29) is 35.3 Å². The van der Waals surface area contributed by atoms with E-state index in [4.69, 9.17) is 9.47 Å². The van der Waals surface area contributed by atoms with Crippen molar-refractivity contribution in [2.45, 2.75) is 43.6 Å². The average molecular weight is 550 g/mol. The number of hydrogen-bond acceptors (Lipinski definition) is 7. The molecule has 4 heterocycles. The summed E-state index contributed by atoms with van der Waals surface area (Å²) in [6, 6.07) is 13.2. The number of thioether (sulfide) groups is 1. The number of benzene rings is 2. The van der Waals surface area contributed by atoms with Crippen LogP contribution in [0.5, 0.6) is 17.2 Å². The molecular formula is C29H35N5O4S. The van der Waals surface area contributed by atoms with Gasteiger partial charge in [-0.1, -0.05) is 23.9 Å². The number of rotatable bonds is 6. The van der Waals surface area contributed by atoms with Gasteiger partial charge in [0.15, 0.2) is 11.5 Å². The van der Waals surface area contributed by atoms with Crippen LogP contribution in [-0.2, 0) is 4.79 Å². The van der Waals surface area contributed by atoms with Crippen molar-refractivity contribution >= 4 is 29.4 Å². The first kappa shape index (κ1) is 26.0. The highest BCUT2D eigenvalue weighted by Crippen LogP contribution is 2.48. The molecule has 3 atom stereocenters. The van der Waals surface area contributed by atoms with Crippen LogP contribution < -0.4 is 30.3 Å². The van der Waals surface area contributed by atoms with Gasteiger partial charge in [0, 0.05) is 23.3 Å². The normalized spacial score (nSPS) is 25.3. The van der Waals surface area contributed by atoms with E-state index in [9.17, 15) is 9.59 Å². The maximum atomic E-state index is 13.6. The Morgan fingerprint density at radius 3 is 2.62 bits per heavy atom. The van der Waals surface area contributed by atoms with E-state index in [0.717, 1.165) is 55.8 Å². The first-order valence-electron chi connectivity index (χ1n) is 13.6. The standard InChI is InChI=1S/C29H35N5O4S/c1-17-16-19(38-23-7-5-4-6-22(23)37-3)8-9-20(17)34-21-10-13-30-28-24(21)25(32-29(34)36)26(39-28)27(35)31-18-11-14-33(2)15-12-18/h4-9,16,18,21,24,28,30H,10-15H2,1-3H3,(H,31,35)(H,32,36). The molecule has 39 heavy (non-hydrogen) atoms. The molecule has 0 aliphatic carbocycles. The molecule has 3 amide bonds. The number of anilines is 1. The number of nitrogens with zero attached hydrogens (tertiary/aromatic N) is 2. The predicted molar refractivity (Wildman–Crippen MR) is 152 cm³/mol. The van der Waals surface area contributed by atoms with Gasteiger partial charge in [-0.15, -0.1) is 0 Å². The van der Waals surface area contributed by atoms with E-state index in [0.29, 0.717) is 22.2 Å². The summed E-state index contributed by atoms with van der Waals surface area (Å²) in [5, 5.41) is 9.98. The lowest BCUT2D eigenvalue weighted by atomic mass is 9.86. The summed E-state index contributed by atoms with van der Waals surface area (Å²) in [6.07, 6.45) is 2.69. The first-order chi connectivity index (χ1) is 18.9. The topological polar surface area (TPSA) is 95.2 Å². The molecule has 4 aliphatic rings. The van der Waals surface area contributed by atoms with Gasteiger partial charge < -0.3 is 30.3 Å². The summed E-state index contributed by atoms with van der Waals surface area (Å²) >= 11 is 1.55. The van der Waals surface area contributed by atoms with Crippen molar-refractivity contribution < 1.29 is 19.1 Å². The molecule has 3 unspecified atom stereocenters. The van der Waals surface area contributed by atoms with Crippen LogP contribution in [0.25, 0.3) is 0 Å². The zero-order chi connectivity index (χ0) is 27.1. The fraction of sp³-hybridized carbons (Fsp3) is 0.448. The van der Waals surface area contributed by atoms with Gasteiger partial charge in [-0.25, -0.2) is 4.79 Å². The number of carbonyl (C=O) groups is 2. The number of aryl methyl sites for hydroxylation is 1. The summed E-state index contributed by atoms with van der Waals surface area (Å²) in [5.74, 6) is 1.91. The number of urea groups is 1. The third-order valence-corrected chi connectivity index (χ3v) is 9.48. The lowest BCUT2D eigenvalue weighted by Crippen LogP contribution is -2.62. The number of amides is 3. The maximum absolute atomic E-state index is 13.6. The Labute approximate surface area is 233 Å². The van der Waals surface area contributed by atoms with Gasteiger partial charge in [-0.2, -0.15) is 0 Å². The van der Waals surface area contributed by atoms with Crippen LogP contribution in [0.2, 0.25) is 0 Å². The fourth-order valence-electron chi connectivity index (χ4n) is 6.10. The Morgan fingerprint density at radius 1 is 1.10 bits per heavy atom. The van der Waals surface area contributed by atoms with E-state index in [1.165, 1.54) is 0 Å². The van der Waals surface area contributed by atoms with Gasteiger partial charge in [0.2, 0.25) is 0 Å². The Hall–Kier alpha value is -3.21. The second-order valence-electron chi connectivity index (χ2n) is 10.7. The largest absolute Gasteiger partial charge is 0.493 e. The summed E-state index contributed by atoms with van der Waals surface area (Å²) in [7, 11) is 3.73. The lowest BCUT2D eigenvalue weighted by Gasteiger charge is -2.46. The van der Waals surface area contributed by atoms with E-state index >= 15 is 0 Å². The van der Waals surface area contributed by atoms with Gasteiger partial charge in [0.1, 0.15) is 5.75 Å². The average Bonchev–Trinajstić information content (AvgIpc) is 3.31. The molecule has 0 spiro atoms. The maximum Gasteiger partial charge on any atom is 0.326 e. The number of carbonyl (C=O) groups excluding carboxylic acids is 2. The lowest BCUT2D eigenvalue weighted by molar-refractivity contribution is -0.117. The van der Waals surface area contributed by atoms with E-state index in [1.54, 1.807) is 18.9 Å². The summed E-state index contributed by atoms with van der Waals surface area (Å²) in [6.45, 7) is 4.73. The molecule has 9 nitrogen and oxygen atoms in total. The van der Waals surface area contributed by atoms with Crippen LogP contribution in [0.4, 0.5) is 10.5 Å². The van der Waals surface area contributed by atoms with E-state index < -0.39 is 0 Å². The van der Waals surface area contributed by atoms with Gasteiger partial charge in [-0.05, 0) is 88.8 Å². The van der Waals surface area contributed by atoms with Crippen LogP contribution in [0.15, 0.2) is 53.1 Å². The van der Waals surface area contributed by atoms with Gasteiger partial charge in [-0.3, -0.25) is 9.69 Å². The quantitative estimate of drug-likeness (QED) is 0.505. The van der Waals surface area contributed by atoms with E-state index in [1.807, 2.05) is 54.3 Å². The molecule has 0 bridgehead atoms. The molecule has 0 aromatic heterocycles. The third kappa shape index (κ3) is 4.97. The monoisotopic (exact) mass is 549 g/mol. The first-order valence-corrected chi connectivity index (χ1v) is 14.5.